The van der Waals surface area contributed by atoms with Gasteiger partial charge >= 0.3 is 0 Å². The molecule has 0 unspecified atom stereocenters. The van der Waals surface area contributed by atoms with Gasteiger partial charge in [0, 0.05) is 12.2 Å². The number of hydrogen-bond acceptors (Lipinski definition) is 4. The molecule has 2 saturated carbocycles. The van der Waals surface area contributed by atoms with Gasteiger partial charge in [-0.25, -0.2) is 4.98 Å². The van der Waals surface area contributed by atoms with Crippen molar-refractivity contribution < 1.29 is 10.2 Å². The van der Waals surface area contributed by atoms with Gasteiger partial charge in [-0.2, -0.15) is 0 Å². The van der Waals surface area contributed by atoms with Crippen molar-refractivity contribution in [3.8, 4) is 11.8 Å². The molecule has 2 aliphatic rings. The van der Waals surface area contributed by atoms with E-state index in [-0.39, 0.29) is 6.10 Å². The normalized spacial score (nSPS) is 26.3. The number of pyridine rings is 1. The number of nitrogens with zero attached hydrogens (tertiary/aromatic N) is 1. The highest BCUT2D eigenvalue weighted by molar-refractivity contribution is 6.29. The molecule has 0 aliphatic heterocycles. The quantitative estimate of drug-likeness (QED) is 0.565. The summed E-state index contributed by atoms with van der Waals surface area (Å²) < 4.78 is 0. The maximum atomic E-state index is 10.6. The fraction of sp³-hybridized carbons (Fsp3) is 0.632. The lowest BCUT2D eigenvalue weighted by Crippen LogP contribution is -2.29. The van der Waals surface area contributed by atoms with E-state index in [4.69, 9.17) is 11.6 Å². The van der Waals surface area contributed by atoms with E-state index >= 15 is 0 Å². The Bertz CT molecular complexity index is 624. The van der Waals surface area contributed by atoms with Crippen molar-refractivity contribution >= 4 is 17.3 Å². The Labute approximate surface area is 148 Å². The van der Waals surface area contributed by atoms with Gasteiger partial charge in [-0.05, 0) is 57.4 Å². The van der Waals surface area contributed by atoms with E-state index in [2.05, 4.69) is 22.1 Å². The molecular formula is C19H25ClN2O2. The van der Waals surface area contributed by atoms with Crippen LogP contribution in [-0.2, 0) is 0 Å². The van der Waals surface area contributed by atoms with Crippen LogP contribution in [0.15, 0.2) is 12.3 Å². The number of rotatable bonds is 2. The van der Waals surface area contributed by atoms with Crippen molar-refractivity contribution in [2.45, 2.75) is 75.5 Å². The van der Waals surface area contributed by atoms with Crippen LogP contribution in [0.5, 0.6) is 0 Å². The molecule has 0 radical (unpaired) electrons. The number of aromatic nitrogens is 1. The third-order valence-electron chi connectivity index (χ3n) is 5.04. The number of hydrogen-bond donors (Lipinski definition) is 3. The highest BCUT2D eigenvalue weighted by Gasteiger charge is 2.26. The minimum atomic E-state index is -0.871. The molecule has 3 rings (SSSR count). The van der Waals surface area contributed by atoms with Crippen molar-refractivity contribution in [1.82, 2.24) is 4.98 Å². The maximum Gasteiger partial charge on any atom is 0.131 e. The summed E-state index contributed by atoms with van der Waals surface area (Å²) >= 11 is 6.05. The molecule has 0 aromatic carbocycles. The van der Waals surface area contributed by atoms with E-state index in [1.807, 2.05) is 0 Å². The summed E-state index contributed by atoms with van der Waals surface area (Å²) in [5.41, 5.74) is 0.761. The van der Waals surface area contributed by atoms with Crippen molar-refractivity contribution in [3.05, 3.63) is 23.0 Å². The lowest BCUT2D eigenvalue weighted by molar-refractivity contribution is 0.0610. The summed E-state index contributed by atoms with van der Waals surface area (Å²) in [6.07, 6.45) is 9.69. The van der Waals surface area contributed by atoms with Crippen LogP contribution in [-0.4, -0.2) is 32.9 Å². The van der Waals surface area contributed by atoms with Crippen molar-refractivity contribution in [2.75, 3.05) is 5.32 Å². The zero-order valence-corrected chi connectivity index (χ0v) is 14.6. The fourth-order valence-corrected chi connectivity index (χ4v) is 3.69. The lowest BCUT2D eigenvalue weighted by Gasteiger charge is -2.28. The number of aliphatic hydroxyl groups excluding tert-OH is 1. The number of nitrogens with one attached hydrogen (secondary N) is 1. The monoisotopic (exact) mass is 348 g/mol. The Balaban J connectivity index is 1.76. The number of aliphatic hydroxyl groups is 2. The van der Waals surface area contributed by atoms with E-state index < -0.39 is 5.60 Å². The van der Waals surface area contributed by atoms with Gasteiger partial charge in [0.05, 0.1) is 17.4 Å². The molecule has 1 heterocycles. The topological polar surface area (TPSA) is 65.4 Å². The summed E-state index contributed by atoms with van der Waals surface area (Å²) in [6, 6.07) is 2.10. The summed E-state index contributed by atoms with van der Waals surface area (Å²) in [5.74, 6) is 6.18. The van der Waals surface area contributed by atoms with Crippen LogP contribution in [0.1, 0.15) is 63.4 Å². The Morgan fingerprint density at radius 2 is 1.88 bits per heavy atom. The van der Waals surface area contributed by atoms with Crippen molar-refractivity contribution in [3.63, 3.8) is 0 Å². The standard InChI is InChI=1S/C19H25ClN2O2/c20-18-12-17(22-15-4-6-16(23)7-5-15)14(13-21-18)8-11-19(24)9-2-1-3-10-19/h12-13,15-16,23-24H,1-7,9-10H2,(H,21,22). The largest absolute Gasteiger partial charge is 0.393 e. The molecule has 1 aromatic heterocycles. The van der Waals surface area contributed by atoms with Crippen LogP contribution in [0.25, 0.3) is 0 Å². The van der Waals surface area contributed by atoms with Crippen LogP contribution < -0.4 is 5.32 Å². The highest BCUT2D eigenvalue weighted by Crippen LogP contribution is 2.28. The van der Waals surface area contributed by atoms with Crippen LogP contribution in [0.3, 0.4) is 0 Å². The lowest BCUT2D eigenvalue weighted by atomic mass is 9.85. The highest BCUT2D eigenvalue weighted by atomic mass is 35.5. The van der Waals surface area contributed by atoms with Gasteiger partial charge in [0.2, 0.25) is 0 Å². The Morgan fingerprint density at radius 1 is 1.17 bits per heavy atom. The summed E-state index contributed by atoms with van der Waals surface area (Å²) in [5, 5.41) is 24.1. The van der Waals surface area contributed by atoms with Gasteiger partial charge in [0.15, 0.2) is 0 Å². The molecule has 0 spiro atoms. The average Bonchev–Trinajstić information content (AvgIpc) is 2.57. The second-order valence-electron chi connectivity index (χ2n) is 7.04. The van der Waals surface area contributed by atoms with E-state index in [1.54, 1.807) is 12.3 Å². The number of halogens is 1. The molecule has 4 nitrogen and oxygen atoms in total. The summed E-state index contributed by atoms with van der Waals surface area (Å²) in [7, 11) is 0. The smallest absolute Gasteiger partial charge is 0.131 e. The predicted molar refractivity (Wildman–Crippen MR) is 96.0 cm³/mol. The molecule has 0 amide bonds. The third kappa shape index (κ3) is 4.63. The Morgan fingerprint density at radius 3 is 2.58 bits per heavy atom. The van der Waals surface area contributed by atoms with E-state index in [0.717, 1.165) is 62.6 Å². The first-order chi connectivity index (χ1) is 11.5. The second-order valence-corrected chi connectivity index (χ2v) is 7.43. The molecule has 24 heavy (non-hydrogen) atoms. The second kappa shape index (κ2) is 7.74. The molecular weight excluding hydrogens is 324 g/mol. The SMILES string of the molecule is OC1CCC(Nc2cc(Cl)ncc2C#CC2(O)CCCCC2)CC1. The maximum absolute atomic E-state index is 10.6. The molecule has 1 aromatic rings. The average molecular weight is 349 g/mol. The molecule has 130 valence electrons. The minimum absolute atomic E-state index is 0.177. The number of anilines is 1. The predicted octanol–water partition coefficient (Wildman–Crippen LogP) is 3.50. The first-order valence-electron chi connectivity index (χ1n) is 8.90. The Hall–Kier alpha value is -1.28. The van der Waals surface area contributed by atoms with Gasteiger partial charge < -0.3 is 15.5 Å². The molecule has 3 N–H and O–H groups in total. The van der Waals surface area contributed by atoms with Crippen LogP contribution in [0, 0.1) is 11.8 Å². The van der Waals surface area contributed by atoms with Gasteiger partial charge in [-0.3, -0.25) is 0 Å². The first kappa shape index (κ1) is 17.5. The van der Waals surface area contributed by atoms with Gasteiger partial charge in [-0.15, -0.1) is 0 Å². The van der Waals surface area contributed by atoms with E-state index in [9.17, 15) is 10.2 Å². The summed E-state index contributed by atoms with van der Waals surface area (Å²) in [4.78, 5) is 4.13. The van der Waals surface area contributed by atoms with Crippen molar-refractivity contribution in [1.29, 1.82) is 0 Å². The van der Waals surface area contributed by atoms with Crippen LogP contribution in [0.2, 0.25) is 5.15 Å². The van der Waals surface area contributed by atoms with Crippen molar-refractivity contribution in [2.24, 2.45) is 0 Å². The zero-order valence-electron chi connectivity index (χ0n) is 13.9. The van der Waals surface area contributed by atoms with Gasteiger partial charge in [0.25, 0.3) is 0 Å². The molecule has 0 bridgehead atoms. The zero-order chi connectivity index (χ0) is 17.0. The molecule has 0 saturated heterocycles. The summed E-state index contributed by atoms with van der Waals surface area (Å²) in [6.45, 7) is 0. The molecule has 0 atom stereocenters. The molecule has 5 heteroatoms. The third-order valence-corrected chi connectivity index (χ3v) is 5.24. The van der Waals surface area contributed by atoms with Crippen LogP contribution in [0.4, 0.5) is 5.69 Å². The van der Waals surface area contributed by atoms with Crippen LogP contribution >= 0.6 is 11.6 Å². The van der Waals surface area contributed by atoms with E-state index in [0.29, 0.717) is 11.2 Å². The molecule has 2 fully saturated rings. The fourth-order valence-electron chi connectivity index (χ4n) is 3.53. The van der Waals surface area contributed by atoms with Gasteiger partial charge in [0.1, 0.15) is 10.8 Å². The molecule has 2 aliphatic carbocycles. The van der Waals surface area contributed by atoms with Gasteiger partial charge in [-0.1, -0.05) is 29.9 Å². The minimum Gasteiger partial charge on any atom is -0.393 e. The van der Waals surface area contributed by atoms with E-state index in [1.165, 1.54) is 6.42 Å². The Kier molecular flexibility index (Phi) is 5.65. The first-order valence-corrected chi connectivity index (χ1v) is 9.28.